The molecule has 1 saturated heterocycles. The van der Waals surface area contributed by atoms with Gasteiger partial charge in [0, 0.05) is 37.4 Å². The Balaban J connectivity index is 2.37. The third-order valence-corrected chi connectivity index (χ3v) is 13.7. The molecule has 0 bridgehead atoms. The van der Waals surface area contributed by atoms with Crippen molar-refractivity contribution in [2.24, 2.45) is 33.7 Å². The van der Waals surface area contributed by atoms with Crippen molar-refractivity contribution in [3.63, 3.8) is 0 Å². The van der Waals surface area contributed by atoms with Crippen molar-refractivity contribution in [2.45, 2.75) is 151 Å². The second-order valence-corrected chi connectivity index (χ2v) is 20.5. The Morgan fingerprint density at radius 1 is 0.671 bits per heavy atom. The van der Waals surface area contributed by atoms with E-state index < -0.39 is 169 Å². The monoisotopic (exact) mass is 1240 g/mol. The number of carbonyl (C=O) groups is 13. The van der Waals surface area contributed by atoms with E-state index in [9.17, 15) is 82.8 Å². The average Bonchev–Trinajstić information content (AvgIpc) is 3.45. The topological polar surface area (TPSA) is 557 Å². The number of hydrogen-bond acceptors (Lipinski definition) is 20. The lowest BCUT2D eigenvalue weighted by molar-refractivity contribution is -0.146. The summed E-state index contributed by atoms with van der Waals surface area (Å²) in [5.74, 6) is -14.5. The number of primary amides is 1. The molecular formula is C50H80N16O17S2. The second kappa shape index (κ2) is 37.3. The maximum Gasteiger partial charge on any atom is 0.327 e. The van der Waals surface area contributed by atoms with E-state index >= 15 is 0 Å². The van der Waals surface area contributed by atoms with Crippen LogP contribution in [0.25, 0.3) is 0 Å². The van der Waals surface area contributed by atoms with Gasteiger partial charge in [-0.1, -0.05) is 12.1 Å². The third kappa shape index (κ3) is 26.2. The number of thiol groups is 2. The van der Waals surface area contributed by atoms with Crippen molar-refractivity contribution in [1.29, 1.82) is 0 Å². The van der Waals surface area contributed by atoms with E-state index in [1.54, 1.807) is 0 Å². The van der Waals surface area contributed by atoms with E-state index in [1.165, 1.54) is 31.2 Å². The van der Waals surface area contributed by atoms with E-state index in [2.05, 4.69) is 78.1 Å². The predicted molar refractivity (Wildman–Crippen MR) is 309 cm³/mol. The minimum Gasteiger partial charge on any atom is -0.508 e. The highest BCUT2D eigenvalue weighted by atomic mass is 32.1. The quantitative estimate of drug-likeness (QED) is 0.0127. The van der Waals surface area contributed by atoms with Gasteiger partial charge in [-0.15, -0.1) is 0 Å². The van der Waals surface area contributed by atoms with Gasteiger partial charge in [0.25, 0.3) is 0 Å². The highest BCUT2D eigenvalue weighted by Crippen LogP contribution is 2.20. The molecule has 0 aromatic heterocycles. The second-order valence-electron chi connectivity index (χ2n) is 19.8. The summed E-state index contributed by atoms with van der Waals surface area (Å²) < 4.78 is 0. The van der Waals surface area contributed by atoms with Crippen LogP contribution >= 0.6 is 25.3 Å². The summed E-state index contributed by atoms with van der Waals surface area (Å²) >= 11 is 7.91. The number of hydrogen-bond donors (Lipinski definition) is 20. The van der Waals surface area contributed by atoms with Gasteiger partial charge in [0.15, 0.2) is 5.96 Å². The van der Waals surface area contributed by atoms with Crippen LogP contribution in [-0.2, 0) is 68.7 Å². The maximum absolute atomic E-state index is 14.2. The molecule has 11 atom stereocenters. The Bertz CT molecular complexity index is 2540. The summed E-state index contributed by atoms with van der Waals surface area (Å²) in [6.45, 7) is 1.58. The number of nitrogens with zero attached hydrogens (tertiary/aromatic N) is 2. The number of carboxylic acid groups (broad SMARTS) is 2. The van der Waals surface area contributed by atoms with Crippen LogP contribution < -0.4 is 76.5 Å². The van der Waals surface area contributed by atoms with Crippen LogP contribution in [0.2, 0.25) is 0 Å². The van der Waals surface area contributed by atoms with Crippen molar-refractivity contribution in [3.05, 3.63) is 29.8 Å². The van der Waals surface area contributed by atoms with Crippen molar-refractivity contribution in [3.8, 4) is 5.75 Å². The molecule has 474 valence electrons. The minimum atomic E-state index is -1.98. The van der Waals surface area contributed by atoms with Crippen LogP contribution in [0.15, 0.2) is 29.3 Å². The first-order chi connectivity index (χ1) is 40.0. The first-order valence-electron chi connectivity index (χ1n) is 26.9. The Labute approximate surface area is 499 Å². The number of aromatic hydroxyl groups is 1. The number of carbonyl (C=O) groups excluding carboxylic acids is 11. The number of aliphatic imine (C=N–C) groups is 1. The molecule has 1 aromatic carbocycles. The Kier molecular flexibility index (Phi) is 32.1. The van der Waals surface area contributed by atoms with Crippen molar-refractivity contribution in [2.75, 3.05) is 37.7 Å². The molecule has 0 radical (unpaired) electrons. The number of amides is 11. The van der Waals surface area contributed by atoms with Crippen molar-refractivity contribution in [1.82, 2.24) is 52.8 Å². The largest absolute Gasteiger partial charge is 0.508 e. The molecule has 2 rings (SSSR count). The maximum atomic E-state index is 14.2. The summed E-state index contributed by atoms with van der Waals surface area (Å²) in [5.41, 5.74) is 28.1. The standard InChI is InChI=1S/C50H80N16O17S2/c1-24(58-41(74)28(52)22-84)40(73)60-29(7-3-4-16-51)42(75)62-31(14-15-36(53)69)43(76)61-30(8-5-17-56-50(54)55)44(77)65-39(25(2)67)47(80)63-33(20-38(71)72)48(81)66-18-6-9-35(66)46(79)57-21-37(70)59-32(19-26-10-12-27(68)13-11-26)45(78)64-34(23-85)49(82)83/h10-13,24-25,28-35,39,67-68,84-85H,3-9,14-23,51-52H2,1-2H3,(H2,53,69)(H,57,79)(H,58,74)(H,59,70)(H,60,73)(H,61,76)(H,62,75)(H,63,80)(H,64,78)(H,65,77)(H,71,72)(H,82,83)(H4,54,55,56)/t24-,25+,28-,29-,30-,31-,32-,33-,34-,35-,39-/m0/s1. The Morgan fingerprint density at radius 3 is 1.76 bits per heavy atom. The number of aliphatic hydroxyl groups is 1. The van der Waals surface area contributed by atoms with Gasteiger partial charge in [0.2, 0.25) is 65.0 Å². The lowest BCUT2D eigenvalue weighted by Crippen LogP contribution is -2.62. The van der Waals surface area contributed by atoms with Gasteiger partial charge in [-0.05, 0) is 89.5 Å². The summed E-state index contributed by atoms with van der Waals surface area (Å²) in [6.07, 6.45) is -3.46. The van der Waals surface area contributed by atoms with E-state index in [-0.39, 0.29) is 81.4 Å². The van der Waals surface area contributed by atoms with Crippen molar-refractivity contribution < 1.29 is 82.8 Å². The van der Waals surface area contributed by atoms with Gasteiger partial charge < -0.3 is 102 Å². The number of unbranched alkanes of at least 4 members (excludes halogenated alkanes) is 1. The predicted octanol–water partition coefficient (Wildman–Crippen LogP) is -7.48. The summed E-state index contributed by atoms with van der Waals surface area (Å²) in [7, 11) is 0. The van der Waals surface area contributed by atoms with Crippen LogP contribution in [0.4, 0.5) is 0 Å². The normalized spacial score (nSPS) is 16.3. The van der Waals surface area contributed by atoms with Crippen LogP contribution in [0.5, 0.6) is 5.75 Å². The van der Waals surface area contributed by atoms with Crippen molar-refractivity contribution >= 4 is 108 Å². The molecule has 0 saturated carbocycles. The molecule has 33 nitrogen and oxygen atoms in total. The molecule has 85 heavy (non-hydrogen) atoms. The average molecular weight is 1240 g/mol. The minimum absolute atomic E-state index is 0.00585. The number of rotatable bonds is 38. The summed E-state index contributed by atoms with van der Waals surface area (Å²) in [6, 6.07) is -9.44. The third-order valence-electron chi connectivity index (χ3n) is 12.9. The summed E-state index contributed by atoms with van der Waals surface area (Å²) in [4.78, 5) is 176. The molecular weight excluding hydrogens is 1160 g/mol. The lowest BCUT2D eigenvalue weighted by Gasteiger charge is -2.30. The molecule has 1 aliphatic heterocycles. The van der Waals surface area contributed by atoms with Gasteiger partial charge >= 0.3 is 11.9 Å². The van der Waals surface area contributed by atoms with Gasteiger partial charge in [-0.25, -0.2) is 4.79 Å². The SMILES string of the molecule is C[C@H](NC(=O)[C@@H](N)CS)C(=O)N[C@@H](CCCCN)C(=O)N[C@@H](CCC(N)=O)C(=O)N[C@@H](CCCN=C(N)N)C(=O)N[C@H](C(=O)N[C@@H](CC(=O)O)C(=O)N1CCC[C@H]1C(=O)NCC(=O)N[C@@H](Cc1ccc(O)cc1)C(=O)N[C@@H](CS)C(=O)O)[C@@H](C)O. The molecule has 1 fully saturated rings. The number of nitrogens with two attached hydrogens (primary N) is 5. The molecule has 0 unspecified atom stereocenters. The molecule has 11 amide bonds. The number of nitrogens with one attached hydrogen (secondary N) is 9. The number of phenols is 1. The zero-order valence-corrected chi connectivity index (χ0v) is 48.7. The molecule has 0 aliphatic carbocycles. The number of carboxylic acids is 2. The van der Waals surface area contributed by atoms with Crippen LogP contribution in [0.3, 0.4) is 0 Å². The van der Waals surface area contributed by atoms with E-state index in [1.807, 2.05) is 0 Å². The van der Waals surface area contributed by atoms with Crippen LogP contribution in [0, 0.1) is 0 Å². The number of phenolic OH excluding ortho intramolecular Hbond substituents is 1. The molecule has 1 aliphatic rings. The number of guanidine groups is 1. The zero-order valence-electron chi connectivity index (χ0n) is 47.0. The van der Waals surface area contributed by atoms with Crippen LogP contribution in [0.1, 0.15) is 83.6 Å². The van der Waals surface area contributed by atoms with Gasteiger partial charge in [0.1, 0.15) is 60.1 Å². The van der Waals surface area contributed by atoms with E-state index in [4.69, 9.17) is 28.7 Å². The smallest absolute Gasteiger partial charge is 0.327 e. The Morgan fingerprint density at radius 2 is 1.22 bits per heavy atom. The highest BCUT2D eigenvalue weighted by molar-refractivity contribution is 7.80. The first kappa shape index (κ1) is 73.1. The molecule has 35 heteroatoms. The zero-order chi connectivity index (χ0) is 64.1. The summed E-state index contributed by atoms with van der Waals surface area (Å²) in [5, 5.41) is 61.2. The fourth-order valence-electron chi connectivity index (χ4n) is 8.26. The van der Waals surface area contributed by atoms with E-state index in [0.29, 0.717) is 18.4 Å². The number of aliphatic hydroxyl groups excluding tert-OH is 1. The van der Waals surface area contributed by atoms with Gasteiger partial charge in [-0.3, -0.25) is 62.5 Å². The van der Waals surface area contributed by atoms with E-state index in [0.717, 1.165) is 11.8 Å². The Hall–Kier alpha value is -8.02. The first-order valence-corrected chi connectivity index (χ1v) is 28.2. The van der Waals surface area contributed by atoms with Gasteiger partial charge in [-0.2, -0.15) is 25.3 Å². The lowest BCUT2D eigenvalue weighted by atomic mass is 10.0. The fourth-order valence-corrected chi connectivity index (χ4v) is 8.68. The number of likely N-dealkylation sites (tertiary alicyclic amines) is 1. The molecule has 23 N–H and O–H groups in total. The number of benzene rings is 1. The molecule has 0 spiro atoms. The fraction of sp³-hybridized carbons (Fsp3) is 0.600. The van der Waals surface area contributed by atoms with Gasteiger partial charge in [0.05, 0.1) is 25.1 Å². The molecule has 1 aromatic rings. The highest BCUT2D eigenvalue weighted by Gasteiger charge is 2.41. The van der Waals surface area contributed by atoms with Crippen LogP contribution in [-0.4, -0.2) is 212 Å². The molecule has 1 heterocycles. The number of aliphatic carboxylic acids is 2.